The van der Waals surface area contributed by atoms with E-state index in [0.29, 0.717) is 12.0 Å². The molecule has 234 valence electrons. The van der Waals surface area contributed by atoms with Crippen LogP contribution in [0.4, 0.5) is 5.69 Å². The summed E-state index contributed by atoms with van der Waals surface area (Å²) in [5.41, 5.74) is -5.29. The number of benzene rings is 1. The lowest BCUT2D eigenvalue weighted by molar-refractivity contribution is -0.222. The fourth-order valence-electron chi connectivity index (χ4n) is 8.60. The molecule has 0 aliphatic heterocycles. The number of ketones is 5. The maximum absolute atomic E-state index is 14.6. The van der Waals surface area contributed by atoms with E-state index in [9.17, 15) is 39.0 Å². The van der Waals surface area contributed by atoms with Crippen LogP contribution in [0.25, 0.3) is 0 Å². The number of anilines is 1. The lowest BCUT2D eigenvalue weighted by Crippen LogP contribution is -2.79. The molecule has 2 fully saturated rings. The van der Waals surface area contributed by atoms with Gasteiger partial charge in [-0.15, -0.1) is 0 Å². The predicted octanol–water partition coefficient (Wildman–Crippen LogP) is 4.66. The van der Waals surface area contributed by atoms with Gasteiger partial charge in [-0.3, -0.25) is 28.8 Å². The highest BCUT2D eigenvalue weighted by Crippen LogP contribution is 2.69. The summed E-state index contributed by atoms with van der Waals surface area (Å²) in [5, 5.41) is 26.3. The van der Waals surface area contributed by atoms with Crippen molar-refractivity contribution in [3.63, 3.8) is 0 Å². The van der Waals surface area contributed by atoms with Gasteiger partial charge < -0.3 is 15.5 Å². The normalized spacial score (nSPS) is 35.8. The van der Waals surface area contributed by atoms with Crippen LogP contribution in [0.5, 0.6) is 5.75 Å². The molecule has 0 saturated heterocycles. The molecule has 2 saturated carbocycles. The van der Waals surface area contributed by atoms with Gasteiger partial charge in [0.05, 0.1) is 17.2 Å². The molecular formula is C34H45NO8. The van der Waals surface area contributed by atoms with Crippen molar-refractivity contribution in [2.75, 3.05) is 5.32 Å². The first-order valence-corrected chi connectivity index (χ1v) is 15.1. The molecule has 4 rings (SSSR count). The van der Waals surface area contributed by atoms with Gasteiger partial charge in [0.1, 0.15) is 17.5 Å². The summed E-state index contributed by atoms with van der Waals surface area (Å²) >= 11 is 0. The SMILES string of the molecule is CC(=O)C1C(=O)C(C(C)C)[C@@]2(C)[C@H](C)[C@]3(C)C(C(=O)c4c(ccc(NC(=O)CCC(C)(C)C)c4O)[C@H]3C)C(=O)[C@@]2(O)C1=O. The van der Waals surface area contributed by atoms with Gasteiger partial charge in [0, 0.05) is 17.8 Å². The molecule has 0 heterocycles. The average molecular weight is 596 g/mol. The van der Waals surface area contributed by atoms with Gasteiger partial charge in [-0.25, -0.2) is 0 Å². The van der Waals surface area contributed by atoms with Gasteiger partial charge in [-0.2, -0.15) is 0 Å². The number of rotatable bonds is 5. The van der Waals surface area contributed by atoms with Crippen LogP contribution in [0, 0.1) is 45.8 Å². The number of carbonyl (C=O) groups excluding carboxylic acids is 6. The average Bonchev–Trinajstić information content (AvgIpc) is 2.88. The minimum absolute atomic E-state index is 0.0255. The summed E-state index contributed by atoms with van der Waals surface area (Å²) in [6.45, 7) is 17.5. The van der Waals surface area contributed by atoms with Crippen molar-refractivity contribution in [3.8, 4) is 5.75 Å². The second-order valence-corrected chi connectivity index (χ2v) is 15.0. The Morgan fingerprint density at radius 1 is 1.02 bits per heavy atom. The van der Waals surface area contributed by atoms with E-state index < -0.39 is 86.6 Å². The monoisotopic (exact) mass is 595 g/mol. The number of Topliss-reactive ketones (excluding diaryl/α,β-unsaturated/α-hetero) is 5. The molecule has 1 aromatic rings. The number of phenols is 1. The zero-order valence-corrected chi connectivity index (χ0v) is 26.9. The Morgan fingerprint density at radius 3 is 2.12 bits per heavy atom. The predicted molar refractivity (Wildman–Crippen MR) is 160 cm³/mol. The van der Waals surface area contributed by atoms with Gasteiger partial charge in [0.2, 0.25) is 5.91 Å². The number of fused-ring (bicyclic) bond motifs is 3. The molecule has 3 aliphatic rings. The lowest BCUT2D eigenvalue weighted by atomic mass is 9.35. The molecule has 9 nitrogen and oxygen atoms in total. The lowest BCUT2D eigenvalue weighted by Gasteiger charge is -2.66. The van der Waals surface area contributed by atoms with Crippen molar-refractivity contribution in [2.24, 2.45) is 45.8 Å². The fourth-order valence-corrected chi connectivity index (χ4v) is 8.60. The van der Waals surface area contributed by atoms with Crippen LogP contribution >= 0.6 is 0 Å². The standard InChI is InChI=1S/C34H45NO8/c1-15(2)24-27(39)22(17(4)36)29(41)34(43)30(42)25-28(40)23-19(16(3)32(25,9)18(5)33(24,34)10)11-12-20(26(23)38)35-21(37)13-14-31(6,7)8/h11-12,15-16,18,22,24-25,38,43H,13-14H2,1-10H3,(H,35,37)/t16-,18-,22?,24?,25?,32-,33-,34+/m1/s1. The highest BCUT2D eigenvalue weighted by atomic mass is 16.3. The Hall–Kier alpha value is -3.20. The van der Waals surface area contributed by atoms with E-state index in [-0.39, 0.29) is 29.0 Å². The van der Waals surface area contributed by atoms with E-state index >= 15 is 0 Å². The van der Waals surface area contributed by atoms with Crippen molar-refractivity contribution in [1.29, 1.82) is 0 Å². The Labute approximate surface area is 253 Å². The number of hydrogen-bond donors (Lipinski definition) is 3. The van der Waals surface area contributed by atoms with Crippen molar-refractivity contribution in [1.82, 2.24) is 0 Å². The van der Waals surface area contributed by atoms with Crippen LogP contribution in [0.2, 0.25) is 0 Å². The number of phenolic OH excluding ortho intramolecular Hbond substituents is 1. The van der Waals surface area contributed by atoms with Crippen LogP contribution in [-0.4, -0.2) is 50.6 Å². The zero-order chi connectivity index (χ0) is 32.8. The number of aromatic hydroxyl groups is 1. The summed E-state index contributed by atoms with van der Waals surface area (Å²) in [6.07, 6.45) is 0.793. The maximum atomic E-state index is 14.6. The zero-order valence-electron chi connectivity index (χ0n) is 26.9. The topological polar surface area (TPSA) is 155 Å². The largest absolute Gasteiger partial charge is 0.505 e. The van der Waals surface area contributed by atoms with E-state index in [1.54, 1.807) is 40.7 Å². The third kappa shape index (κ3) is 4.28. The van der Waals surface area contributed by atoms with Gasteiger partial charge in [-0.1, -0.05) is 68.4 Å². The smallest absolute Gasteiger partial charge is 0.224 e. The van der Waals surface area contributed by atoms with E-state index in [1.165, 1.54) is 6.07 Å². The third-order valence-corrected chi connectivity index (χ3v) is 11.3. The maximum Gasteiger partial charge on any atom is 0.224 e. The molecule has 1 amide bonds. The summed E-state index contributed by atoms with van der Waals surface area (Å²) in [6, 6.07) is 3.19. The van der Waals surface area contributed by atoms with Crippen molar-refractivity contribution >= 4 is 40.5 Å². The Bertz CT molecular complexity index is 1450. The van der Waals surface area contributed by atoms with Gasteiger partial charge >= 0.3 is 0 Å². The Balaban J connectivity index is 1.90. The van der Waals surface area contributed by atoms with E-state index in [0.717, 1.165) is 6.92 Å². The molecule has 1 aromatic carbocycles. The number of aliphatic hydroxyl groups is 1. The minimum atomic E-state index is -2.78. The quantitative estimate of drug-likeness (QED) is 0.328. The first kappa shape index (κ1) is 32.7. The summed E-state index contributed by atoms with van der Waals surface area (Å²) in [7, 11) is 0. The van der Waals surface area contributed by atoms with Gasteiger partial charge in [0.15, 0.2) is 28.7 Å². The van der Waals surface area contributed by atoms with Crippen LogP contribution in [-0.2, 0) is 24.0 Å². The molecular weight excluding hydrogens is 550 g/mol. The number of hydrogen-bond acceptors (Lipinski definition) is 8. The van der Waals surface area contributed by atoms with Gasteiger partial charge in [-0.05, 0) is 53.6 Å². The minimum Gasteiger partial charge on any atom is -0.505 e. The van der Waals surface area contributed by atoms with Crippen molar-refractivity contribution in [2.45, 2.75) is 93.6 Å². The first-order chi connectivity index (χ1) is 19.6. The Kier molecular flexibility index (Phi) is 7.74. The number of carbonyl (C=O) groups is 6. The molecule has 0 bridgehead atoms. The van der Waals surface area contributed by atoms with E-state index in [1.807, 2.05) is 27.7 Å². The summed E-state index contributed by atoms with van der Waals surface area (Å²) in [4.78, 5) is 81.9. The number of nitrogens with one attached hydrogen (secondary N) is 1. The molecule has 3 N–H and O–H groups in total. The molecule has 0 aromatic heterocycles. The van der Waals surface area contributed by atoms with Crippen molar-refractivity contribution in [3.05, 3.63) is 23.3 Å². The van der Waals surface area contributed by atoms with E-state index in [2.05, 4.69) is 5.32 Å². The first-order valence-electron chi connectivity index (χ1n) is 15.1. The highest BCUT2D eigenvalue weighted by Gasteiger charge is 2.79. The molecule has 43 heavy (non-hydrogen) atoms. The Morgan fingerprint density at radius 2 is 1.60 bits per heavy atom. The fraction of sp³-hybridized carbons (Fsp3) is 0.647. The van der Waals surface area contributed by atoms with Crippen LogP contribution < -0.4 is 5.32 Å². The van der Waals surface area contributed by atoms with E-state index in [4.69, 9.17) is 0 Å². The summed E-state index contributed by atoms with van der Waals surface area (Å²) < 4.78 is 0. The van der Waals surface area contributed by atoms with Gasteiger partial charge in [0.25, 0.3) is 0 Å². The second-order valence-electron chi connectivity index (χ2n) is 15.0. The second kappa shape index (κ2) is 10.2. The third-order valence-electron chi connectivity index (χ3n) is 11.3. The molecule has 0 spiro atoms. The van der Waals surface area contributed by atoms with Crippen LogP contribution in [0.1, 0.15) is 104 Å². The van der Waals surface area contributed by atoms with Crippen molar-refractivity contribution < 1.29 is 39.0 Å². The molecule has 3 aliphatic carbocycles. The van der Waals surface area contributed by atoms with Crippen LogP contribution in [0.15, 0.2) is 12.1 Å². The molecule has 3 unspecified atom stereocenters. The molecule has 9 heteroatoms. The number of amides is 1. The molecule has 0 radical (unpaired) electrons. The highest BCUT2D eigenvalue weighted by molar-refractivity contribution is 6.33. The van der Waals surface area contributed by atoms with Crippen LogP contribution in [0.3, 0.4) is 0 Å². The molecule has 8 atom stereocenters. The summed E-state index contributed by atoms with van der Waals surface area (Å²) in [5.74, 6) is -11.2.